The first-order valence-electron chi connectivity index (χ1n) is 6.74. The van der Waals surface area contributed by atoms with Crippen LogP contribution in [0.3, 0.4) is 0 Å². The molecule has 3 rings (SSSR count). The summed E-state index contributed by atoms with van der Waals surface area (Å²) in [4.78, 5) is 14.5. The van der Waals surface area contributed by atoms with Gasteiger partial charge >= 0.3 is 5.97 Å². The molecule has 0 saturated heterocycles. The van der Waals surface area contributed by atoms with Crippen molar-refractivity contribution in [2.45, 2.75) is 13.3 Å². The molecular weight excluding hydrogens is 321 g/mol. The van der Waals surface area contributed by atoms with Crippen molar-refractivity contribution < 1.29 is 9.90 Å². The Balaban J connectivity index is 2.32. The Morgan fingerprint density at radius 1 is 1.23 bits per heavy atom. The zero-order chi connectivity index (χ0) is 15.9. The molecule has 0 aliphatic rings. The molecule has 5 heteroatoms. The second-order valence-electron chi connectivity index (χ2n) is 5.20. The first kappa shape index (κ1) is 14.9. The molecule has 0 atom stereocenters. The lowest BCUT2D eigenvalue weighted by atomic mass is 10.0. The van der Waals surface area contributed by atoms with E-state index in [-0.39, 0.29) is 6.42 Å². The maximum Gasteiger partial charge on any atom is 0.307 e. The quantitative estimate of drug-likeness (QED) is 0.702. The maximum atomic E-state index is 11.3. The number of carboxylic acid groups (broad SMARTS) is 1. The van der Waals surface area contributed by atoms with Crippen LogP contribution in [0.5, 0.6) is 0 Å². The van der Waals surface area contributed by atoms with Gasteiger partial charge in [-0.15, -0.1) is 0 Å². The third-order valence-electron chi connectivity index (χ3n) is 3.61. The standard InChI is InChI=1S/C17H13Cl2NO2/c1-9-5-6-14-11(7-9)12(8-15(21)22)17(20-14)10-3-2-4-13(18)16(10)19/h2-7,20H,8H2,1H3,(H,21,22). The van der Waals surface area contributed by atoms with E-state index < -0.39 is 5.97 Å². The lowest BCUT2D eigenvalue weighted by molar-refractivity contribution is -0.136. The van der Waals surface area contributed by atoms with Crippen molar-refractivity contribution in [2.75, 3.05) is 0 Å². The molecule has 2 aromatic carbocycles. The van der Waals surface area contributed by atoms with Gasteiger partial charge in [0, 0.05) is 16.5 Å². The Hall–Kier alpha value is -1.97. The number of aromatic nitrogens is 1. The van der Waals surface area contributed by atoms with Crippen LogP contribution >= 0.6 is 23.2 Å². The average molecular weight is 334 g/mol. The number of aromatic amines is 1. The molecule has 0 amide bonds. The van der Waals surface area contributed by atoms with Crippen molar-refractivity contribution in [1.82, 2.24) is 4.98 Å². The lowest BCUT2D eigenvalue weighted by Gasteiger charge is -2.07. The summed E-state index contributed by atoms with van der Waals surface area (Å²) in [5, 5.41) is 11.0. The first-order chi connectivity index (χ1) is 10.5. The van der Waals surface area contributed by atoms with E-state index in [0.29, 0.717) is 21.3 Å². The van der Waals surface area contributed by atoms with E-state index in [9.17, 15) is 9.90 Å². The normalized spacial score (nSPS) is 11.0. The minimum Gasteiger partial charge on any atom is -0.481 e. The number of H-pyrrole nitrogens is 1. The van der Waals surface area contributed by atoms with Crippen LogP contribution in [-0.2, 0) is 11.2 Å². The fraction of sp³-hybridized carbons (Fsp3) is 0.118. The fourth-order valence-electron chi connectivity index (χ4n) is 2.62. The molecule has 1 aromatic heterocycles. The average Bonchev–Trinajstić information content (AvgIpc) is 2.79. The van der Waals surface area contributed by atoms with Gasteiger partial charge in [0.2, 0.25) is 0 Å². The number of nitrogens with one attached hydrogen (secondary N) is 1. The summed E-state index contributed by atoms with van der Waals surface area (Å²) in [7, 11) is 0. The third-order valence-corrected chi connectivity index (χ3v) is 4.43. The number of hydrogen-bond acceptors (Lipinski definition) is 1. The Morgan fingerprint density at radius 3 is 2.73 bits per heavy atom. The summed E-state index contributed by atoms with van der Waals surface area (Å²) in [5.41, 5.74) is 4.08. The number of fused-ring (bicyclic) bond motifs is 1. The van der Waals surface area contributed by atoms with Crippen LogP contribution in [0.2, 0.25) is 10.0 Å². The monoisotopic (exact) mass is 333 g/mol. The van der Waals surface area contributed by atoms with Gasteiger partial charge in [0.25, 0.3) is 0 Å². The van der Waals surface area contributed by atoms with E-state index >= 15 is 0 Å². The minimum absolute atomic E-state index is 0.0817. The van der Waals surface area contributed by atoms with Crippen LogP contribution in [-0.4, -0.2) is 16.1 Å². The van der Waals surface area contributed by atoms with Crippen molar-refractivity contribution in [2.24, 2.45) is 0 Å². The number of aliphatic carboxylic acids is 1. The van der Waals surface area contributed by atoms with Gasteiger partial charge < -0.3 is 10.1 Å². The topological polar surface area (TPSA) is 53.1 Å². The highest BCUT2D eigenvalue weighted by Gasteiger charge is 2.18. The summed E-state index contributed by atoms with van der Waals surface area (Å²) in [6.07, 6.45) is -0.0817. The molecule has 0 bridgehead atoms. The number of benzene rings is 2. The molecule has 3 aromatic rings. The number of carbonyl (C=O) groups is 1. The van der Waals surface area contributed by atoms with E-state index in [1.165, 1.54) is 0 Å². The first-order valence-corrected chi connectivity index (χ1v) is 7.50. The van der Waals surface area contributed by atoms with Crippen LogP contribution in [0, 0.1) is 6.92 Å². The van der Waals surface area contributed by atoms with E-state index in [1.807, 2.05) is 31.2 Å². The SMILES string of the molecule is Cc1ccc2[nH]c(-c3cccc(Cl)c3Cl)c(CC(=O)O)c2c1. The van der Waals surface area contributed by atoms with Gasteiger partial charge in [-0.3, -0.25) is 4.79 Å². The molecule has 0 unspecified atom stereocenters. The smallest absolute Gasteiger partial charge is 0.307 e. The van der Waals surface area contributed by atoms with E-state index in [2.05, 4.69) is 4.98 Å². The van der Waals surface area contributed by atoms with Crippen LogP contribution in [0.4, 0.5) is 0 Å². The van der Waals surface area contributed by atoms with Crippen molar-refractivity contribution in [1.29, 1.82) is 0 Å². The van der Waals surface area contributed by atoms with Gasteiger partial charge in [-0.05, 0) is 30.7 Å². The summed E-state index contributed by atoms with van der Waals surface area (Å²) < 4.78 is 0. The number of halogens is 2. The minimum atomic E-state index is -0.887. The summed E-state index contributed by atoms with van der Waals surface area (Å²) in [6, 6.07) is 11.2. The predicted molar refractivity (Wildman–Crippen MR) is 89.8 cm³/mol. The van der Waals surface area contributed by atoms with E-state index in [4.69, 9.17) is 23.2 Å². The van der Waals surface area contributed by atoms with Gasteiger partial charge in [0.15, 0.2) is 0 Å². The van der Waals surface area contributed by atoms with Crippen LogP contribution in [0.25, 0.3) is 22.2 Å². The molecule has 3 nitrogen and oxygen atoms in total. The fourth-order valence-corrected chi connectivity index (χ4v) is 3.02. The van der Waals surface area contributed by atoms with Gasteiger partial charge in [-0.1, -0.05) is 47.0 Å². The van der Waals surface area contributed by atoms with Crippen LogP contribution in [0.1, 0.15) is 11.1 Å². The van der Waals surface area contributed by atoms with Crippen molar-refractivity contribution in [3.63, 3.8) is 0 Å². The third kappa shape index (κ3) is 2.58. The highest BCUT2D eigenvalue weighted by atomic mass is 35.5. The largest absolute Gasteiger partial charge is 0.481 e. The Bertz CT molecular complexity index is 884. The van der Waals surface area contributed by atoms with E-state index in [0.717, 1.165) is 22.0 Å². The van der Waals surface area contributed by atoms with Crippen molar-refractivity contribution >= 4 is 40.1 Å². The zero-order valence-corrected chi connectivity index (χ0v) is 13.3. The molecule has 2 N–H and O–H groups in total. The molecule has 0 fully saturated rings. The van der Waals surface area contributed by atoms with Gasteiger partial charge in [-0.2, -0.15) is 0 Å². The highest BCUT2D eigenvalue weighted by molar-refractivity contribution is 6.43. The lowest BCUT2D eigenvalue weighted by Crippen LogP contribution is -2.01. The molecule has 0 radical (unpaired) electrons. The molecule has 0 saturated carbocycles. The van der Waals surface area contributed by atoms with Crippen molar-refractivity contribution in [3.05, 3.63) is 57.6 Å². The molecule has 112 valence electrons. The maximum absolute atomic E-state index is 11.3. The van der Waals surface area contributed by atoms with Crippen LogP contribution < -0.4 is 0 Å². The summed E-state index contributed by atoms with van der Waals surface area (Å²) in [5.74, 6) is -0.887. The second kappa shape index (κ2) is 5.67. The number of carboxylic acids is 1. The number of hydrogen-bond donors (Lipinski definition) is 2. The Kier molecular flexibility index (Phi) is 3.85. The summed E-state index contributed by atoms with van der Waals surface area (Å²) >= 11 is 12.4. The molecule has 0 spiro atoms. The van der Waals surface area contributed by atoms with Gasteiger partial charge in [0.05, 0.1) is 22.2 Å². The second-order valence-corrected chi connectivity index (χ2v) is 5.98. The Labute approximate surface area is 137 Å². The highest BCUT2D eigenvalue weighted by Crippen LogP contribution is 2.38. The van der Waals surface area contributed by atoms with E-state index in [1.54, 1.807) is 12.1 Å². The predicted octanol–water partition coefficient (Wildman–Crippen LogP) is 5.08. The van der Waals surface area contributed by atoms with Crippen LogP contribution in [0.15, 0.2) is 36.4 Å². The Morgan fingerprint density at radius 2 is 2.00 bits per heavy atom. The van der Waals surface area contributed by atoms with Gasteiger partial charge in [0.1, 0.15) is 0 Å². The molecular formula is C17H13Cl2NO2. The molecule has 0 aliphatic carbocycles. The number of rotatable bonds is 3. The van der Waals surface area contributed by atoms with Gasteiger partial charge in [-0.25, -0.2) is 0 Å². The summed E-state index contributed by atoms with van der Waals surface area (Å²) in [6.45, 7) is 1.98. The zero-order valence-electron chi connectivity index (χ0n) is 11.8. The number of aryl methyl sites for hydroxylation is 1. The molecule has 0 aliphatic heterocycles. The molecule has 1 heterocycles. The van der Waals surface area contributed by atoms with Crippen molar-refractivity contribution in [3.8, 4) is 11.3 Å². The molecule has 22 heavy (non-hydrogen) atoms.